The monoisotopic (exact) mass is 1130 g/mol. The first kappa shape index (κ1) is 54.0. The van der Waals surface area contributed by atoms with Crippen LogP contribution in [0.1, 0.15) is 43.0 Å². The standard InChI is InChI=1S/C23H25N5O5.2C14H11ClN2O4S/c1-30-18-11-14-15(12-19(18)31-2)25-23(26-21(14)24)28-9-7-27(8-10-28)22(29)20-13-32-16-5-3-4-6-17(16)33-20;2*15-11-6-5-8(7-12(11)22(16,20)21)14(19)10-4-2-1-3-9(10)13(18)17-14/h3-6,11-12,20H,7-10,13H2,1-2H3,(H2,24,25,26);2*1-7,19H,(H,17,18)(H2,16,20,21). The predicted molar refractivity (Wildman–Crippen MR) is 282 cm³/mol. The Morgan fingerprint density at radius 3 is 1.68 bits per heavy atom. The van der Waals surface area contributed by atoms with E-state index in [1.807, 2.05) is 23.1 Å². The van der Waals surface area contributed by atoms with Gasteiger partial charge in [0.25, 0.3) is 17.7 Å². The minimum absolute atomic E-state index is 0.0625. The zero-order valence-corrected chi connectivity index (χ0v) is 43.8. The molecule has 3 atom stereocenters. The van der Waals surface area contributed by atoms with Gasteiger partial charge in [0.1, 0.15) is 22.2 Å². The first-order valence-electron chi connectivity index (χ1n) is 23.1. The number of anilines is 2. The van der Waals surface area contributed by atoms with Gasteiger partial charge >= 0.3 is 0 Å². The van der Waals surface area contributed by atoms with Crippen LogP contribution < -0.4 is 50.5 Å². The molecule has 400 valence electrons. The van der Waals surface area contributed by atoms with E-state index in [0.29, 0.717) is 94.1 Å². The van der Waals surface area contributed by atoms with Gasteiger partial charge in [-0.05, 0) is 54.6 Å². The van der Waals surface area contributed by atoms with Crippen LogP contribution in [-0.2, 0) is 36.3 Å². The number of amides is 3. The molecular weight excluding hydrogens is 1080 g/mol. The predicted octanol–water partition coefficient (Wildman–Crippen LogP) is 3.57. The maximum Gasteiger partial charge on any atom is 0.267 e. The van der Waals surface area contributed by atoms with Gasteiger partial charge in [0, 0.05) is 71.0 Å². The summed E-state index contributed by atoms with van der Waals surface area (Å²) in [5.74, 6) is 2.28. The lowest BCUT2D eigenvalue weighted by Crippen LogP contribution is -2.54. The highest BCUT2D eigenvalue weighted by atomic mass is 35.5. The van der Waals surface area contributed by atoms with Crippen molar-refractivity contribution in [2.75, 3.05) is 57.6 Å². The molecule has 3 amide bonds. The van der Waals surface area contributed by atoms with Gasteiger partial charge in [-0.25, -0.2) is 32.1 Å². The molecule has 0 aliphatic carbocycles. The third-order valence-electron chi connectivity index (χ3n) is 12.9. The number of hydrogen-bond acceptors (Lipinski definition) is 17. The Kier molecular flexibility index (Phi) is 14.7. The van der Waals surface area contributed by atoms with E-state index in [0.717, 1.165) is 12.1 Å². The summed E-state index contributed by atoms with van der Waals surface area (Å²) in [6.45, 7) is 2.40. The summed E-state index contributed by atoms with van der Waals surface area (Å²) in [6, 6.07) is 31.7. The maximum atomic E-state index is 13.0. The molecule has 1 fully saturated rings. The second-order valence-electron chi connectivity index (χ2n) is 17.6. The fourth-order valence-electron chi connectivity index (χ4n) is 9.02. The van der Waals surface area contributed by atoms with E-state index in [1.165, 1.54) is 24.3 Å². The number of nitrogen functional groups attached to an aromatic ring is 1. The first-order valence-corrected chi connectivity index (χ1v) is 26.9. The minimum atomic E-state index is -4.06. The number of piperazine rings is 1. The van der Waals surface area contributed by atoms with Crippen molar-refractivity contribution in [3.8, 4) is 23.0 Å². The topological polar surface area (TPSA) is 331 Å². The van der Waals surface area contributed by atoms with Crippen LogP contribution in [0.4, 0.5) is 11.8 Å². The van der Waals surface area contributed by atoms with Crippen molar-refractivity contribution in [3.05, 3.63) is 165 Å². The van der Waals surface area contributed by atoms with Gasteiger partial charge in [-0.3, -0.25) is 14.4 Å². The third kappa shape index (κ3) is 10.6. The molecule has 22 nitrogen and oxygen atoms in total. The molecule has 4 aliphatic rings. The van der Waals surface area contributed by atoms with Crippen molar-refractivity contribution in [2.45, 2.75) is 27.3 Å². The Hall–Kier alpha value is -7.81. The van der Waals surface area contributed by atoms with Gasteiger partial charge in [0.15, 0.2) is 34.4 Å². The molecule has 4 aliphatic heterocycles. The molecule has 1 saturated heterocycles. The quantitative estimate of drug-likeness (QED) is 0.114. The van der Waals surface area contributed by atoms with Crippen LogP contribution >= 0.6 is 23.2 Å². The molecular formula is C51H47Cl2N9O13S2. The van der Waals surface area contributed by atoms with Crippen LogP contribution in [-0.4, -0.2) is 113 Å². The molecule has 1 aromatic heterocycles. The van der Waals surface area contributed by atoms with E-state index in [-0.39, 0.29) is 43.5 Å². The number of rotatable bonds is 8. The Balaban J connectivity index is 0.000000146. The zero-order chi connectivity index (χ0) is 55.2. The highest BCUT2D eigenvalue weighted by Gasteiger charge is 2.44. The van der Waals surface area contributed by atoms with Crippen LogP contribution in [0.5, 0.6) is 23.0 Å². The number of nitrogens with two attached hydrogens (primary N) is 3. The lowest BCUT2D eigenvalue weighted by Gasteiger charge is -2.37. The molecule has 6 aromatic carbocycles. The summed E-state index contributed by atoms with van der Waals surface area (Å²) >= 11 is 11.7. The summed E-state index contributed by atoms with van der Waals surface area (Å²) in [6.07, 6.45) is -0.651. The summed E-state index contributed by atoms with van der Waals surface area (Å²) in [7, 11) is -4.97. The van der Waals surface area contributed by atoms with E-state index in [2.05, 4.69) is 20.6 Å². The number of para-hydroxylation sites is 2. The number of fused-ring (bicyclic) bond motifs is 4. The summed E-state index contributed by atoms with van der Waals surface area (Å²) in [5.41, 5.74) is 4.83. The summed E-state index contributed by atoms with van der Waals surface area (Å²) in [4.78, 5) is 49.3. The Labute approximate surface area is 450 Å². The number of nitrogens with zero attached hydrogens (tertiary/aromatic N) is 4. The average Bonchev–Trinajstić information content (AvgIpc) is 3.90. The molecule has 0 bridgehead atoms. The van der Waals surface area contributed by atoms with Crippen molar-refractivity contribution < 1.29 is 60.4 Å². The maximum absolute atomic E-state index is 13.0. The number of aliphatic hydroxyl groups is 2. The molecule has 7 aromatic rings. The van der Waals surface area contributed by atoms with Crippen LogP contribution in [0.2, 0.25) is 10.0 Å². The van der Waals surface area contributed by atoms with Crippen molar-refractivity contribution >= 4 is 83.6 Å². The molecule has 77 heavy (non-hydrogen) atoms. The first-order chi connectivity index (χ1) is 36.5. The Morgan fingerprint density at radius 2 is 1.17 bits per heavy atom. The van der Waals surface area contributed by atoms with E-state index in [4.69, 9.17) is 58.2 Å². The number of sulfonamides is 2. The molecule has 0 saturated carbocycles. The number of carbonyl (C=O) groups excluding carboxylic acids is 3. The van der Waals surface area contributed by atoms with Crippen LogP contribution in [0, 0.1) is 0 Å². The van der Waals surface area contributed by atoms with Crippen LogP contribution in [0.25, 0.3) is 10.9 Å². The number of hydrogen-bond donors (Lipinski definition) is 7. The lowest BCUT2D eigenvalue weighted by molar-refractivity contribution is -0.141. The minimum Gasteiger partial charge on any atom is -0.493 e. The highest BCUT2D eigenvalue weighted by molar-refractivity contribution is 7.89. The lowest BCUT2D eigenvalue weighted by atomic mass is 9.94. The summed E-state index contributed by atoms with van der Waals surface area (Å²) in [5, 5.41) is 37.4. The van der Waals surface area contributed by atoms with Crippen molar-refractivity contribution in [1.82, 2.24) is 25.5 Å². The van der Waals surface area contributed by atoms with Gasteiger partial charge in [-0.2, -0.15) is 4.98 Å². The molecule has 10 N–H and O–H groups in total. The highest BCUT2D eigenvalue weighted by Crippen LogP contribution is 2.39. The third-order valence-corrected chi connectivity index (χ3v) is 15.7. The van der Waals surface area contributed by atoms with Crippen molar-refractivity contribution in [1.29, 1.82) is 0 Å². The number of aromatic nitrogens is 2. The smallest absolute Gasteiger partial charge is 0.267 e. The SMILES string of the molecule is COc1cc2nc(N3CCN(C(=O)C4COc5ccccc5O4)CC3)nc(N)c2cc1OC.NS(=O)(=O)c1cc(C2(O)NC(=O)c3ccccc32)ccc1Cl.NS(=O)(=O)c1cc(C2(O)NC(=O)c3ccccc32)ccc1Cl. The zero-order valence-electron chi connectivity index (χ0n) is 40.6. The fraction of sp³-hybridized carbons (Fsp3) is 0.196. The fourth-order valence-corrected chi connectivity index (χ4v) is 11.2. The molecule has 0 radical (unpaired) electrons. The molecule has 26 heteroatoms. The van der Waals surface area contributed by atoms with Gasteiger partial charge < -0.3 is 55.3 Å². The Morgan fingerprint density at radius 1 is 0.688 bits per heavy atom. The second kappa shape index (κ2) is 21.0. The number of nitrogens with one attached hydrogen (secondary N) is 2. The van der Waals surface area contributed by atoms with E-state index in [1.54, 1.807) is 85.8 Å². The molecule has 0 spiro atoms. The number of ether oxygens (including phenoxy) is 4. The Bertz CT molecular complexity index is 3610. The normalized spacial score (nSPS) is 19.4. The second-order valence-corrected chi connectivity index (χ2v) is 21.5. The molecule has 3 unspecified atom stereocenters. The van der Waals surface area contributed by atoms with Gasteiger partial charge in [0.05, 0.1) is 29.8 Å². The molecule has 5 heterocycles. The van der Waals surface area contributed by atoms with Gasteiger partial charge in [0.2, 0.25) is 32.1 Å². The van der Waals surface area contributed by atoms with Gasteiger partial charge in [-0.1, -0.05) is 83.9 Å². The van der Waals surface area contributed by atoms with Crippen LogP contribution in [0.3, 0.4) is 0 Å². The number of benzene rings is 6. The van der Waals surface area contributed by atoms with E-state index >= 15 is 0 Å². The number of halogens is 2. The molecule has 11 rings (SSSR count). The average molecular weight is 1130 g/mol. The largest absolute Gasteiger partial charge is 0.493 e. The number of methoxy groups -OCH3 is 2. The summed E-state index contributed by atoms with van der Waals surface area (Å²) < 4.78 is 68.5. The van der Waals surface area contributed by atoms with Crippen molar-refractivity contribution in [2.24, 2.45) is 10.3 Å². The van der Waals surface area contributed by atoms with E-state index in [9.17, 15) is 41.4 Å². The number of carbonyl (C=O) groups is 3. The number of primary sulfonamides is 2. The van der Waals surface area contributed by atoms with Crippen LogP contribution in [0.15, 0.2) is 131 Å². The van der Waals surface area contributed by atoms with E-state index < -0.39 is 49.4 Å². The van der Waals surface area contributed by atoms with Crippen molar-refractivity contribution in [3.63, 3.8) is 0 Å². The van der Waals surface area contributed by atoms with Gasteiger partial charge in [-0.15, -0.1) is 0 Å².